The van der Waals surface area contributed by atoms with E-state index in [-0.39, 0.29) is 0 Å². The van der Waals surface area contributed by atoms with Crippen molar-refractivity contribution in [1.29, 1.82) is 0 Å². The summed E-state index contributed by atoms with van der Waals surface area (Å²) in [5.74, 6) is 0.924. The molecular weight excluding hydrogens is 220 g/mol. The predicted octanol–water partition coefficient (Wildman–Crippen LogP) is 3.28. The molecule has 0 aromatic rings. The minimum Gasteiger partial charge on any atom is -0.314 e. The van der Waals surface area contributed by atoms with Gasteiger partial charge in [-0.05, 0) is 50.0 Å². The third-order valence-electron chi connectivity index (χ3n) is 5.03. The van der Waals surface area contributed by atoms with Crippen molar-refractivity contribution < 1.29 is 0 Å². The summed E-state index contributed by atoms with van der Waals surface area (Å²) in [7, 11) is 0. The number of nitrogens with one attached hydrogen (secondary N) is 1. The summed E-state index contributed by atoms with van der Waals surface area (Å²) in [5, 5.41) is 3.68. The third-order valence-corrected chi connectivity index (χ3v) is 5.03. The molecule has 1 heterocycles. The summed E-state index contributed by atoms with van der Waals surface area (Å²) in [5.41, 5.74) is 0.510. The molecule has 0 aromatic heterocycles. The summed E-state index contributed by atoms with van der Waals surface area (Å²) < 4.78 is 0. The van der Waals surface area contributed by atoms with Gasteiger partial charge >= 0.3 is 0 Å². The summed E-state index contributed by atoms with van der Waals surface area (Å²) in [4.78, 5) is 2.74. The van der Waals surface area contributed by atoms with Gasteiger partial charge < -0.3 is 5.32 Å². The predicted molar refractivity (Wildman–Crippen MR) is 78.9 cm³/mol. The minimum atomic E-state index is 0.510. The van der Waals surface area contributed by atoms with Crippen molar-refractivity contribution in [2.75, 3.05) is 19.6 Å². The molecule has 0 spiro atoms. The van der Waals surface area contributed by atoms with Gasteiger partial charge in [0.15, 0.2) is 0 Å². The molecule has 1 aliphatic heterocycles. The van der Waals surface area contributed by atoms with Crippen molar-refractivity contribution in [3.05, 3.63) is 0 Å². The molecule has 0 amide bonds. The lowest BCUT2D eigenvalue weighted by molar-refractivity contribution is -0.0197. The molecule has 1 saturated carbocycles. The van der Waals surface area contributed by atoms with Gasteiger partial charge in [0.25, 0.3) is 0 Å². The molecule has 106 valence electrons. The maximum atomic E-state index is 3.68. The van der Waals surface area contributed by atoms with Crippen molar-refractivity contribution in [3.63, 3.8) is 0 Å². The van der Waals surface area contributed by atoms with Crippen LogP contribution in [0.15, 0.2) is 0 Å². The first-order valence-corrected chi connectivity index (χ1v) is 7.98. The quantitative estimate of drug-likeness (QED) is 0.826. The normalized spacial score (nSPS) is 31.3. The van der Waals surface area contributed by atoms with Crippen molar-refractivity contribution in [1.82, 2.24) is 10.2 Å². The fourth-order valence-corrected chi connectivity index (χ4v) is 3.35. The van der Waals surface area contributed by atoms with Crippen molar-refractivity contribution in [2.45, 2.75) is 71.9 Å². The van der Waals surface area contributed by atoms with Crippen LogP contribution in [-0.2, 0) is 0 Å². The van der Waals surface area contributed by atoms with E-state index in [0.717, 1.165) is 18.0 Å². The topological polar surface area (TPSA) is 15.3 Å². The van der Waals surface area contributed by atoms with Crippen LogP contribution in [0.25, 0.3) is 0 Å². The summed E-state index contributed by atoms with van der Waals surface area (Å²) in [6.07, 6.45) is 6.87. The Morgan fingerprint density at radius 3 is 2.17 bits per heavy atom. The Hall–Kier alpha value is -0.0800. The zero-order valence-corrected chi connectivity index (χ0v) is 12.8. The average Bonchev–Trinajstić information content (AvgIpc) is 2.24. The Morgan fingerprint density at radius 2 is 1.67 bits per heavy atom. The lowest BCUT2D eigenvalue weighted by Crippen LogP contribution is -2.57. The van der Waals surface area contributed by atoms with Gasteiger partial charge in [0.2, 0.25) is 0 Å². The average molecular weight is 252 g/mol. The molecule has 0 bridgehead atoms. The summed E-state index contributed by atoms with van der Waals surface area (Å²) >= 11 is 0. The number of rotatable bonds is 4. The van der Waals surface area contributed by atoms with Crippen molar-refractivity contribution in [3.8, 4) is 0 Å². The van der Waals surface area contributed by atoms with E-state index in [1.165, 1.54) is 51.7 Å². The minimum absolute atomic E-state index is 0.510. The molecule has 0 unspecified atom stereocenters. The van der Waals surface area contributed by atoms with E-state index in [9.17, 15) is 0 Å². The fraction of sp³-hybridized carbons (Fsp3) is 1.00. The van der Waals surface area contributed by atoms with Crippen LogP contribution < -0.4 is 5.32 Å². The summed E-state index contributed by atoms with van der Waals surface area (Å²) in [6, 6.07) is 1.70. The van der Waals surface area contributed by atoms with Crippen LogP contribution in [0.3, 0.4) is 0 Å². The van der Waals surface area contributed by atoms with Crippen LogP contribution >= 0.6 is 0 Å². The smallest absolute Gasteiger partial charge is 0.00966 e. The zero-order chi connectivity index (χ0) is 13.2. The maximum Gasteiger partial charge on any atom is 0.00966 e. The first-order valence-electron chi connectivity index (χ1n) is 7.98. The molecule has 1 aliphatic carbocycles. The molecule has 0 atom stereocenters. The van der Waals surface area contributed by atoms with E-state index < -0.39 is 0 Å². The molecule has 0 aromatic carbocycles. The fourth-order valence-electron chi connectivity index (χ4n) is 3.35. The zero-order valence-electron chi connectivity index (χ0n) is 12.8. The van der Waals surface area contributed by atoms with Crippen LogP contribution in [0.2, 0.25) is 0 Å². The highest BCUT2D eigenvalue weighted by atomic mass is 15.2. The molecule has 1 saturated heterocycles. The molecule has 0 radical (unpaired) electrons. The Balaban J connectivity index is 1.66. The highest BCUT2D eigenvalue weighted by molar-refractivity contribution is 4.93. The highest BCUT2D eigenvalue weighted by Gasteiger charge is 2.39. The third kappa shape index (κ3) is 3.48. The van der Waals surface area contributed by atoms with E-state index >= 15 is 0 Å². The lowest BCUT2D eigenvalue weighted by atomic mass is 9.74. The molecule has 18 heavy (non-hydrogen) atoms. The van der Waals surface area contributed by atoms with E-state index in [0.29, 0.717) is 5.41 Å². The van der Waals surface area contributed by atoms with E-state index in [1.807, 2.05) is 0 Å². The van der Waals surface area contributed by atoms with Crippen LogP contribution in [0.5, 0.6) is 0 Å². The molecule has 1 N–H and O–H groups in total. The lowest BCUT2D eigenvalue weighted by Gasteiger charge is -2.51. The standard InChI is InChI=1S/C16H32N2/c1-5-10-17-14-6-8-15(9-7-14)18-11-13(12-18)16(2,3)4/h13-15,17H,5-12H2,1-4H3. The van der Waals surface area contributed by atoms with E-state index in [4.69, 9.17) is 0 Å². The number of nitrogens with zero attached hydrogens (tertiary/aromatic N) is 1. The SMILES string of the molecule is CCCNC1CCC(N2CC(C(C)(C)C)C2)CC1. The first-order chi connectivity index (χ1) is 8.50. The second-order valence-corrected chi connectivity index (χ2v) is 7.48. The van der Waals surface area contributed by atoms with Crippen LogP contribution in [0.1, 0.15) is 59.8 Å². The Labute approximate surface area is 114 Å². The molecule has 2 nitrogen and oxygen atoms in total. The highest BCUT2D eigenvalue weighted by Crippen LogP contribution is 2.37. The van der Waals surface area contributed by atoms with Gasteiger partial charge in [-0.3, -0.25) is 4.90 Å². The molecular formula is C16H32N2. The maximum absolute atomic E-state index is 3.68. The Kier molecular flexibility index (Phi) is 4.71. The van der Waals surface area contributed by atoms with Gasteiger partial charge in [-0.15, -0.1) is 0 Å². The molecule has 2 heteroatoms. The van der Waals surface area contributed by atoms with Crippen LogP contribution in [0, 0.1) is 11.3 Å². The van der Waals surface area contributed by atoms with Crippen LogP contribution in [-0.4, -0.2) is 36.6 Å². The van der Waals surface area contributed by atoms with E-state index in [1.54, 1.807) is 0 Å². The molecule has 2 aliphatic rings. The molecule has 2 fully saturated rings. The largest absolute Gasteiger partial charge is 0.314 e. The summed E-state index contributed by atoms with van der Waals surface area (Å²) in [6.45, 7) is 13.3. The van der Waals surface area contributed by atoms with Gasteiger partial charge in [0.05, 0.1) is 0 Å². The number of likely N-dealkylation sites (tertiary alicyclic amines) is 1. The van der Waals surface area contributed by atoms with Gasteiger partial charge in [-0.25, -0.2) is 0 Å². The number of hydrogen-bond donors (Lipinski definition) is 1. The number of hydrogen-bond acceptors (Lipinski definition) is 2. The monoisotopic (exact) mass is 252 g/mol. The van der Waals surface area contributed by atoms with E-state index in [2.05, 4.69) is 37.9 Å². The van der Waals surface area contributed by atoms with Gasteiger partial charge in [-0.1, -0.05) is 27.7 Å². The second-order valence-electron chi connectivity index (χ2n) is 7.48. The van der Waals surface area contributed by atoms with Gasteiger partial charge in [-0.2, -0.15) is 0 Å². The van der Waals surface area contributed by atoms with Crippen LogP contribution in [0.4, 0.5) is 0 Å². The Bertz CT molecular complexity index is 242. The molecule has 2 rings (SSSR count). The van der Waals surface area contributed by atoms with Crippen molar-refractivity contribution >= 4 is 0 Å². The van der Waals surface area contributed by atoms with Crippen molar-refractivity contribution in [2.24, 2.45) is 11.3 Å². The second kappa shape index (κ2) is 5.92. The van der Waals surface area contributed by atoms with Gasteiger partial charge in [0, 0.05) is 25.2 Å². The Morgan fingerprint density at radius 1 is 1.06 bits per heavy atom. The van der Waals surface area contributed by atoms with Gasteiger partial charge in [0.1, 0.15) is 0 Å². The first kappa shape index (κ1) is 14.3.